The number of hydrogen-bond acceptors (Lipinski definition) is 6. The van der Waals surface area contributed by atoms with E-state index in [2.05, 4.69) is 20.5 Å². The van der Waals surface area contributed by atoms with Crippen molar-refractivity contribution in [3.63, 3.8) is 0 Å². The summed E-state index contributed by atoms with van der Waals surface area (Å²) in [6.45, 7) is 6.30. The molecule has 2 aromatic heterocycles. The van der Waals surface area contributed by atoms with Gasteiger partial charge in [-0.1, -0.05) is 26.0 Å². The van der Waals surface area contributed by atoms with Crippen LogP contribution in [0.1, 0.15) is 26.3 Å². The van der Waals surface area contributed by atoms with Crippen molar-refractivity contribution in [3.05, 3.63) is 50.7 Å². The minimum atomic E-state index is -0.526. The number of hydrazone groups is 1. The number of benzene rings is 1. The van der Waals surface area contributed by atoms with E-state index in [4.69, 9.17) is 0 Å². The Morgan fingerprint density at radius 1 is 1.33 bits per heavy atom. The number of aryl methyl sites for hydroxylation is 1. The molecule has 0 amide bonds. The van der Waals surface area contributed by atoms with Crippen molar-refractivity contribution in [2.75, 3.05) is 5.43 Å². The number of H-pyrrole nitrogens is 1. The van der Waals surface area contributed by atoms with Gasteiger partial charge in [0.05, 0.1) is 5.71 Å². The number of phenolic OH excluding ortho intramolecular Hbond substituents is 1. The van der Waals surface area contributed by atoms with Crippen LogP contribution < -0.4 is 16.7 Å². The first-order valence-electron chi connectivity index (χ1n) is 8.57. The number of hydrogen-bond donors (Lipinski definition) is 3. The SMILES string of the molecule is CC(=NNc1nc2c(c(=O)[nH]c(=O)n2C)n1CC(C)C)c1ccccc1O. The van der Waals surface area contributed by atoms with Crippen molar-refractivity contribution in [2.24, 2.45) is 18.1 Å². The van der Waals surface area contributed by atoms with Crippen LogP contribution in [0.4, 0.5) is 5.95 Å². The Hall–Kier alpha value is -3.36. The summed E-state index contributed by atoms with van der Waals surface area (Å²) in [6, 6.07) is 6.87. The van der Waals surface area contributed by atoms with E-state index in [1.54, 1.807) is 42.8 Å². The quantitative estimate of drug-likeness (QED) is 0.466. The van der Waals surface area contributed by atoms with Gasteiger partial charge < -0.3 is 9.67 Å². The molecule has 0 aliphatic carbocycles. The zero-order valence-electron chi connectivity index (χ0n) is 15.6. The molecule has 9 heteroatoms. The summed E-state index contributed by atoms with van der Waals surface area (Å²) in [7, 11) is 1.55. The zero-order valence-corrected chi connectivity index (χ0v) is 15.6. The molecule has 0 radical (unpaired) electrons. The number of phenols is 1. The van der Waals surface area contributed by atoms with Gasteiger partial charge in [-0.05, 0) is 25.0 Å². The van der Waals surface area contributed by atoms with E-state index in [0.717, 1.165) is 0 Å². The third-order valence-electron chi connectivity index (χ3n) is 4.17. The van der Waals surface area contributed by atoms with Crippen molar-refractivity contribution >= 4 is 22.8 Å². The molecule has 0 spiro atoms. The van der Waals surface area contributed by atoms with Crippen LogP contribution in [0.25, 0.3) is 11.2 Å². The Morgan fingerprint density at radius 2 is 2.04 bits per heavy atom. The Labute approximate surface area is 155 Å². The van der Waals surface area contributed by atoms with Crippen LogP contribution >= 0.6 is 0 Å². The van der Waals surface area contributed by atoms with Gasteiger partial charge in [0.25, 0.3) is 5.56 Å². The van der Waals surface area contributed by atoms with Crippen LogP contribution in [-0.4, -0.2) is 29.9 Å². The molecular weight excluding hydrogens is 348 g/mol. The minimum Gasteiger partial charge on any atom is -0.507 e. The van der Waals surface area contributed by atoms with E-state index in [1.807, 2.05) is 13.8 Å². The zero-order chi connectivity index (χ0) is 19.7. The lowest BCUT2D eigenvalue weighted by Crippen LogP contribution is -2.29. The highest BCUT2D eigenvalue weighted by Gasteiger charge is 2.18. The van der Waals surface area contributed by atoms with Gasteiger partial charge in [0.15, 0.2) is 11.2 Å². The fourth-order valence-corrected chi connectivity index (χ4v) is 2.84. The monoisotopic (exact) mass is 370 g/mol. The molecule has 0 atom stereocenters. The molecule has 2 heterocycles. The van der Waals surface area contributed by atoms with Crippen molar-refractivity contribution < 1.29 is 5.11 Å². The molecule has 0 aliphatic rings. The van der Waals surface area contributed by atoms with Crippen LogP contribution in [0.5, 0.6) is 5.75 Å². The molecule has 3 aromatic rings. The van der Waals surface area contributed by atoms with E-state index in [-0.39, 0.29) is 17.3 Å². The Morgan fingerprint density at radius 3 is 2.70 bits per heavy atom. The molecule has 3 rings (SSSR count). The summed E-state index contributed by atoms with van der Waals surface area (Å²) in [5.41, 5.74) is 3.58. The predicted molar refractivity (Wildman–Crippen MR) is 104 cm³/mol. The van der Waals surface area contributed by atoms with Gasteiger partial charge >= 0.3 is 5.69 Å². The molecule has 0 fully saturated rings. The fourth-order valence-electron chi connectivity index (χ4n) is 2.84. The molecule has 142 valence electrons. The molecule has 9 nitrogen and oxygen atoms in total. The van der Waals surface area contributed by atoms with E-state index in [1.165, 1.54) is 4.57 Å². The Kier molecular flexibility index (Phi) is 4.85. The van der Waals surface area contributed by atoms with Crippen molar-refractivity contribution in [1.29, 1.82) is 0 Å². The van der Waals surface area contributed by atoms with Crippen LogP contribution in [0.2, 0.25) is 0 Å². The van der Waals surface area contributed by atoms with Crippen LogP contribution in [0.3, 0.4) is 0 Å². The van der Waals surface area contributed by atoms with Gasteiger partial charge in [-0.3, -0.25) is 14.3 Å². The number of nitrogens with one attached hydrogen (secondary N) is 2. The average molecular weight is 370 g/mol. The molecule has 0 unspecified atom stereocenters. The first kappa shape index (κ1) is 18.4. The number of aromatic nitrogens is 4. The summed E-state index contributed by atoms with van der Waals surface area (Å²) < 4.78 is 3.00. The van der Waals surface area contributed by atoms with Gasteiger partial charge in [-0.2, -0.15) is 10.1 Å². The number of rotatable bonds is 5. The fraction of sp³-hybridized carbons (Fsp3) is 0.333. The second-order valence-corrected chi connectivity index (χ2v) is 6.76. The molecular formula is C18H22N6O3. The largest absolute Gasteiger partial charge is 0.507 e. The predicted octanol–water partition coefficient (Wildman–Crippen LogP) is 1.62. The lowest BCUT2D eigenvalue weighted by Gasteiger charge is -2.11. The van der Waals surface area contributed by atoms with E-state index < -0.39 is 11.2 Å². The number of aromatic hydroxyl groups is 1. The third kappa shape index (κ3) is 3.48. The standard InChI is InChI=1S/C18H22N6O3/c1-10(2)9-24-14-15(23(4)18(27)20-16(14)26)19-17(24)22-21-11(3)12-7-5-6-8-13(12)25/h5-8,10,25H,9H2,1-4H3,(H,19,22)(H,20,26,27). The van der Waals surface area contributed by atoms with Gasteiger partial charge in [-0.15, -0.1) is 0 Å². The third-order valence-corrected chi connectivity index (χ3v) is 4.17. The second-order valence-electron chi connectivity index (χ2n) is 6.76. The van der Waals surface area contributed by atoms with Crippen LogP contribution in [0, 0.1) is 5.92 Å². The smallest absolute Gasteiger partial charge is 0.329 e. The maximum Gasteiger partial charge on any atom is 0.329 e. The number of fused-ring (bicyclic) bond motifs is 1. The Balaban J connectivity index is 2.11. The summed E-state index contributed by atoms with van der Waals surface area (Å²) in [4.78, 5) is 30.9. The number of para-hydroxylation sites is 1. The molecule has 0 bridgehead atoms. The normalized spacial score (nSPS) is 12.1. The number of anilines is 1. The van der Waals surface area contributed by atoms with Gasteiger partial charge in [0.1, 0.15) is 5.75 Å². The van der Waals surface area contributed by atoms with E-state index in [9.17, 15) is 14.7 Å². The lowest BCUT2D eigenvalue weighted by molar-refractivity contribution is 0.474. The first-order chi connectivity index (χ1) is 12.8. The maximum absolute atomic E-state index is 12.3. The Bertz CT molecular complexity index is 1140. The summed E-state index contributed by atoms with van der Waals surface area (Å²) >= 11 is 0. The maximum atomic E-state index is 12.3. The summed E-state index contributed by atoms with van der Waals surface area (Å²) in [5, 5.41) is 14.3. The average Bonchev–Trinajstić information content (AvgIpc) is 2.96. The number of nitrogens with zero attached hydrogens (tertiary/aromatic N) is 4. The number of imidazole rings is 1. The summed E-state index contributed by atoms with van der Waals surface area (Å²) in [6.07, 6.45) is 0. The first-order valence-corrected chi connectivity index (χ1v) is 8.57. The van der Waals surface area contributed by atoms with Gasteiger partial charge in [0, 0.05) is 19.2 Å². The second kappa shape index (κ2) is 7.10. The molecule has 27 heavy (non-hydrogen) atoms. The highest BCUT2D eigenvalue weighted by Crippen LogP contribution is 2.19. The molecule has 0 aliphatic heterocycles. The van der Waals surface area contributed by atoms with E-state index in [0.29, 0.717) is 29.3 Å². The van der Waals surface area contributed by atoms with Gasteiger partial charge in [-0.25, -0.2) is 10.2 Å². The molecule has 0 saturated carbocycles. The van der Waals surface area contributed by atoms with E-state index >= 15 is 0 Å². The molecule has 1 aromatic carbocycles. The van der Waals surface area contributed by atoms with Crippen molar-refractivity contribution in [2.45, 2.75) is 27.3 Å². The molecule has 0 saturated heterocycles. The van der Waals surface area contributed by atoms with Gasteiger partial charge in [0.2, 0.25) is 5.95 Å². The van der Waals surface area contributed by atoms with Crippen molar-refractivity contribution in [3.8, 4) is 5.75 Å². The minimum absolute atomic E-state index is 0.120. The highest BCUT2D eigenvalue weighted by atomic mass is 16.3. The lowest BCUT2D eigenvalue weighted by atomic mass is 10.1. The highest BCUT2D eigenvalue weighted by molar-refractivity contribution is 6.01. The van der Waals surface area contributed by atoms with Crippen LogP contribution in [0.15, 0.2) is 39.0 Å². The van der Waals surface area contributed by atoms with Crippen molar-refractivity contribution in [1.82, 2.24) is 19.1 Å². The molecule has 3 N–H and O–H groups in total. The van der Waals surface area contributed by atoms with Crippen LogP contribution in [-0.2, 0) is 13.6 Å². The topological polar surface area (TPSA) is 117 Å². The summed E-state index contributed by atoms with van der Waals surface area (Å²) in [5.74, 6) is 0.707. The number of aromatic amines is 1.